The molecule has 2 saturated heterocycles. The summed E-state index contributed by atoms with van der Waals surface area (Å²) in [6.45, 7) is 0.620. The number of nitrogens with zero attached hydrogens (tertiary/aromatic N) is 2. The minimum absolute atomic E-state index is 0.140. The van der Waals surface area contributed by atoms with Crippen molar-refractivity contribution in [3.8, 4) is 0 Å². The average Bonchev–Trinajstić information content (AvgIpc) is 3.13. The number of likely N-dealkylation sites (N-methyl/N-ethyl adjacent to an activating group) is 1. The van der Waals surface area contributed by atoms with Crippen LogP contribution in [0.15, 0.2) is 9.98 Å². The Morgan fingerprint density at radius 1 is 0.900 bits per heavy atom. The van der Waals surface area contributed by atoms with Crippen LogP contribution in [-0.2, 0) is 23.7 Å². The Balaban J connectivity index is 1.96. The predicted molar refractivity (Wildman–Crippen MR) is 133 cm³/mol. The largest absolute Gasteiger partial charge is 0.394 e. The molecule has 3 aliphatic rings. The summed E-state index contributed by atoms with van der Waals surface area (Å²) in [6.07, 6.45) is -17.3. The number of carbonyl (C=O) groups is 1. The zero-order valence-corrected chi connectivity index (χ0v) is 21.7. The first-order chi connectivity index (χ1) is 18.7. The van der Waals surface area contributed by atoms with Gasteiger partial charge in [0, 0.05) is 0 Å². The fraction of sp³-hybridized carbons (Fsp3) is 0.857. The maximum absolute atomic E-state index is 12.1. The summed E-state index contributed by atoms with van der Waals surface area (Å²) in [6, 6.07) is -4.08. The highest BCUT2D eigenvalue weighted by Gasteiger charge is 2.60. The molecular formula is C21H39N7O12. The van der Waals surface area contributed by atoms with E-state index in [2.05, 4.69) is 15.3 Å². The van der Waals surface area contributed by atoms with Gasteiger partial charge in [-0.05, 0) is 14.0 Å². The van der Waals surface area contributed by atoms with E-state index >= 15 is 0 Å². The van der Waals surface area contributed by atoms with Crippen LogP contribution in [0.1, 0.15) is 6.92 Å². The van der Waals surface area contributed by atoms with E-state index in [9.17, 15) is 40.5 Å². The number of nitrogens with two attached hydrogens (primary N) is 4. The van der Waals surface area contributed by atoms with Crippen molar-refractivity contribution in [2.45, 2.75) is 98.2 Å². The van der Waals surface area contributed by atoms with Gasteiger partial charge in [-0.25, -0.2) is 9.98 Å². The second-order valence-electron chi connectivity index (χ2n) is 9.89. The number of carbonyl (C=O) groups excluding carboxylic acids is 1. The van der Waals surface area contributed by atoms with E-state index in [1.165, 1.54) is 14.0 Å². The molecule has 1 aliphatic carbocycles. The minimum Gasteiger partial charge on any atom is -0.394 e. The third kappa shape index (κ3) is 6.00. The fourth-order valence-electron chi connectivity index (χ4n) is 5.08. The molecule has 0 amide bonds. The van der Waals surface area contributed by atoms with E-state index < -0.39 is 110 Å². The molecule has 40 heavy (non-hydrogen) atoms. The normalized spacial score (nSPS) is 47.4. The van der Waals surface area contributed by atoms with E-state index in [0.717, 1.165) is 0 Å². The van der Waals surface area contributed by atoms with Crippen LogP contribution >= 0.6 is 0 Å². The van der Waals surface area contributed by atoms with Gasteiger partial charge >= 0.3 is 0 Å². The molecular weight excluding hydrogens is 542 g/mol. The van der Waals surface area contributed by atoms with Crippen LogP contribution in [0.5, 0.6) is 0 Å². The molecule has 0 unspecified atom stereocenters. The van der Waals surface area contributed by atoms with E-state index in [4.69, 9.17) is 41.9 Å². The summed E-state index contributed by atoms with van der Waals surface area (Å²) in [4.78, 5) is 19.7. The number of aliphatic hydroxyl groups excluding tert-OH is 6. The van der Waals surface area contributed by atoms with Crippen LogP contribution in [0.25, 0.3) is 0 Å². The van der Waals surface area contributed by atoms with Crippen molar-refractivity contribution in [3.05, 3.63) is 0 Å². The molecule has 3 fully saturated rings. The van der Waals surface area contributed by atoms with Crippen molar-refractivity contribution in [1.29, 1.82) is 0 Å². The van der Waals surface area contributed by atoms with Gasteiger partial charge in [0.05, 0.1) is 18.8 Å². The molecule has 19 heteroatoms. The zero-order valence-electron chi connectivity index (χ0n) is 21.7. The first-order valence-corrected chi connectivity index (χ1v) is 12.4. The summed E-state index contributed by atoms with van der Waals surface area (Å²) in [5.41, 5.74) is 19.4. The number of guanidine groups is 2. The van der Waals surface area contributed by atoms with E-state index in [0.29, 0.717) is 0 Å². The van der Waals surface area contributed by atoms with Gasteiger partial charge in [0.1, 0.15) is 60.9 Å². The van der Waals surface area contributed by atoms with E-state index in [-0.39, 0.29) is 6.29 Å². The summed E-state index contributed by atoms with van der Waals surface area (Å²) in [5, 5.41) is 76.6. The molecule has 3 rings (SSSR count). The number of ether oxygens (including phenoxy) is 4. The van der Waals surface area contributed by atoms with Crippen LogP contribution in [-0.4, -0.2) is 159 Å². The first kappa shape index (κ1) is 32.2. The molecule has 2 aliphatic heterocycles. The Kier molecular flexibility index (Phi) is 10.2. The Bertz CT molecular complexity index is 940. The van der Waals surface area contributed by atoms with Crippen LogP contribution in [0.2, 0.25) is 0 Å². The molecule has 0 bridgehead atoms. The van der Waals surface area contributed by atoms with Crippen molar-refractivity contribution >= 4 is 18.2 Å². The maximum Gasteiger partial charge on any atom is 0.188 e. The molecule has 16 N–H and O–H groups in total. The Morgan fingerprint density at radius 2 is 1.50 bits per heavy atom. The van der Waals surface area contributed by atoms with Gasteiger partial charge in [0.15, 0.2) is 36.4 Å². The number of rotatable bonds is 9. The van der Waals surface area contributed by atoms with E-state index in [1.807, 2.05) is 0 Å². The van der Waals surface area contributed by atoms with Crippen LogP contribution < -0.4 is 28.3 Å². The number of hydrogen-bond donors (Lipinski definition) is 12. The number of aldehydes is 1. The Morgan fingerprint density at radius 3 is 2.02 bits per heavy atom. The van der Waals surface area contributed by atoms with Gasteiger partial charge in [0.2, 0.25) is 0 Å². The van der Waals surface area contributed by atoms with Gasteiger partial charge in [0.25, 0.3) is 0 Å². The lowest BCUT2D eigenvalue weighted by Crippen LogP contribution is -2.66. The third-order valence-electron chi connectivity index (χ3n) is 7.34. The van der Waals surface area contributed by atoms with Gasteiger partial charge in [-0.3, -0.25) is 4.79 Å². The fourth-order valence-corrected chi connectivity index (χ4v) is 5.08. The summed E-state index contributed by atoms with van der Waals surface area (Å²) in [5.74, 6) is -1.03. The number of nitrogens with one attached hydrogen (secondary N) is 1. The quantitative estimate of drug-likeness (QED) is 0.0682. The lowest BCUT2D eigenvalue weighted by atomic mass is 9.81. The molecule has 2 heterocycles. The van der Waals surface area contributed by atoms with Gasteiger partial charge in [-0.2, -0.15) is 0 Å². The van der Waals surface area contributed by atoms with Crippen molar-refractivity contribution in [3.63, 3.8) is 0 Å². The average molecular weight is 582 g/mol. The van der Waals surface area contributed by atoms with E-state index in [1.54, 1.807) is 0 Å². The highest BCUT2D eigenvalue weighted by Crippen LogP contribution is 2.38. The van der Waals surface area contributed by atoms with Crippen molar-refractivity contribution in [2.24, 2.45) is 32.9 Å². The molecule has 1 saturated carbocycles. The molecule has 0 aromatic carbocycles. The standard InChI is InChI=1S/C21H39N7O12/c1-5-21(36,4-30)16(40-17-9(26-2)13(34)10(31)6(3-29)38-17)18(37-5)39-15-8(28-20(24)25)11(32)7(27-19(22)23)12(33)14(15)35/h4-18,26,29,31-36H,3H2,1-2H3,(H4,22,23,27)(H4,24,25,28)/t5-,6-,7+,8-,9+,10-,11-,12+,13-,14+,15+,16+,17-,18+,21+/m0/s1. The predicted octanol–water partition coefficient (Wildman–Crippen LogP) is -8.16. The smallest absolute Gasteiger partial charge is 0.188 e. The molecule has 230 valence electrons. The minimum atomic E-state index is -2.38. The second-order valence-corrected chi connectivity index (χ2v) is 9.89. The van der Waals surface area contributed by atoms with Crippen LogP contribution in [0, 0.1) is 0 Å². The molecule has 0 aromatic rings. The van der Waals surface area contributed by atoms with Crippen LogP contribution in [0.4, 0.5) is 0 Å². The maximum atomic E-state index is 12.1. The number of aliphatic imine (C=N–C) groups is 2. The second kappa shape index (κ2) is 12.7. The molecule has 0 radical (unpaired) electrons. The summed E-state index contributed by atoms with van der Waals surface area (Å²) < 4.78 is 22.9. The lowest BCUT2D eigenvalue weighted by Gasteiger charge is -2.45. The number of aliphatic hydroxyl groups is 7. The zero-order chi connectivity index (χ0) is 30.1. The third-order valence-corrected chi connectivity index (χ3v) is 7.34. The topological polar surface area (TPSA) is 336 Å². The summed E-state index contributed by atoms with van der Waals surface area (Å²) >= 11 is 0. The number of hydrogen-bond acceptors (Lipinski definition) is 15. The first-order valence-electron chi connectivity index (χ1n) is 12.4. The Labute approximate surface area is 228 Å². The Hall–Kier alpha value is -2.27. The molecule has 0 spiro atoms. The highest BCUT2D eigenvalue weighted by molar-refractivity contribution is 5.76. The van der Waals surface area contributed by atoms with Gasteiger partial charge in [-0.15, -0.1) is 0 Å². The molecule has 0 aromatic heterocycles. The highest BCUT2D eigenvalue weighted by atomic mass is 16.8. The van der Waals surface area contributed by atoms with Crippen molar-refractivity contribution < 1.29 is 59.5 Å². The van der Waals surface area contributed by atoms with Gasteiger partial charge < -0.3 is 82.9 Å². The van der Waals surface area contributed by atoms with Crippen molar-refractivity contribution in [2.75, 3.05) is 13.7 Å². The molecule has 19 nitrogen and oxygen atoms in total. The SMILES string of the molecule is CN[C@H]1[C@H](O[C@@H]2[C@@H](O[C@H]3[C@H](O)[C@H](O)[C@H](N=C(N)N)[C@H](O)[C@@H]3N=C(N)N)O[C@@H](C)[C@]2(O)C=O)O[C@@H](CO)[C@H](O)[C@H]1O. The summed E-state index contributed by atoms with van der Waals surface area (Å²) in [7, 11) is 1.42. The van der Waals surface area contributed by atoms with Gasteiger partial charge in [-0.1, -0.05) is 0 Å². The monoisotopic (exact) mass is 581 g/mol. The molecule has 15 atom stereocenters. The van der Waals surface area contributed by atoms with Crippen molar-refractivity contribution in [1.82, 2.24) is 5.32 Å². The van der Waals surface area contributed by atoms with Crippen LogP contribution in [0.3, 0.4) is 0 Å². The lowest BCUT2D eigenvalue weighted by molar-refractivity contribution is -0.314.